The zero-order valence-corrected chi connectivity index (χ0v) is 19.8. The number of nitrogens with two attached hydrogens (primary N) is 1. The molecule has 2 N–H and O–H groups in total. The first-order valence-electron chi connectivity index (χ1n) is 10.7. The van der Waals surface area contributed by atoms with E-state index in [0.29, 0.717) is 43.0 Å². The van der Waals surface area contributed by atoms with Crippen LogP contribution < -0.4 is 5.73 Å². The van der Waals surface area contributed by atoms with E-state index in [4.69, 9.17) is 28.9 Å². The molecule has 4 aromatic carbocycles. The van der Waals surface area contributed by atoms with Gasteiger partial charge in [0.15, 0.2) is 0 Å². The van der Waals surface area contributed by atoms with Gasteiger partial charge in [0.25, 0.3) is 0 Å². The molecular weight excluding hydrogens is 515 g/mol. The summed E-state index contributed by atoms with van der Waals surface area (Å²) in [6.07, 6.45) is -4.76. The molecule has 0 fully saturated rings. The minimum Gasteiger partial charge on any atom is -0.366 e. The Morgan fingerprint density at radius 1 is 0.889 bits per heavy atom. The van der Waals surface area contributed by atoms with E-state index in [-0.39, 0.29) is 5.56 Å². The molecule has 0 aliphatic carbocycles. The summed E-state index contributed by atoms with van der Waals surface area (Å²) < 4.78 is 57.6. The molecule has 3 nitrogen and oxygen atoms in total. The van der Waals surface area contributed by atoms with Crippen LogP contribution in [-0.4, -0.2) is 10.5 Å². The van der Waals surface area contributed by atoms with E-state index in [9.17, 15) is 22.4 Å². The predicted molar refractivity (Wildman–Crippen MR) is 134 cm³/mol. The Bertz CT molecular complexity index is 1650. The number of nitrogens with zero attached hydrogens (tertiary/aromatic N) is 1. The molecule has 0 atom stereocenters. The summed E-state index contributed by atoms with van der Waals surface area (Å²) in [6, 6.07) is 17.8. The van der Waals surface area contributed by atoms with Gasteiger partial charge in [0.05, 0.1) is 23.1 Å². The molecule has 9 heteroatoms. The fourth-order valence-electron chi connectivity index (χ4n) is 4.59. The Morgan fingerprint density at radius 2 is 1.56 bits per heavy atom. The highest BCUT2D eigenvalue weighted by Gasteiger charge is 2.35. The monoisotopic (exact) mass is 530 g/mol. The van der Waals surface area contributed by atoms with Gasteiger partial charge in [-0.05, 0) is 48.0 Å². The molecule has 0 aliphatic rings. The fraction of sp³-hybridized carbons (Fsp3) is 0.0741. The number of primary amides is 1. The Hall–Kier alpha value is -3.55. The first-order chi connectivity index (χ1) is 17.1. The normalized spacial score (nSPS) is 11.9. The molecule has 0 spiro atoms. The lowest BCUT2D eigenvalue weighted by Crippen LogP contribution is -2.14. The van der Waals surface area contributed by atoms with Gasteiger partial charge >= 0.3 is 6.18 Å². The molecule has 1 aromatic heterocycles. The van der Waals surface area contributed by atoms with Crippen LogP contribution in [0.1, 0.15) is 21.5 Å². The van der Waals surface area contributed by atoms with Crippen molar-refractivity contribution in [1.29, 1.82) is 0 Å². The second kappa shape index (κ2) is 8.84. The van der Waals surface area contributed by atoms with Crippen molar-refractivity contribution < 1.29 is 22.4 Å². The number of alkyl halides is 3. The number of halogens is 6. The minimum absolute atomic E-state index is 0.198. The summed E-state index contributed by atoms with van der Waals surface area (Å²) >= 11 is 12.8. The van der Waals surface area contributed by atoms with Crippen LogP contribution in [0.2, 0.25) is 10.0 Å². The zero-order valence-electron chi connectivity index (χ0n) is 18.3. The maximum absolute atomic E-state index is 14.8. The van der Waals surface area contributed by atoms with Crippen molar-refractivity contribution in [3.8, 4) is 11.1 Å². The van der Waals surface area contributed by atoms with E-state index in [1.807, 2.05) is 0 Å². The quantitative estimate of drug-likeness (QED) is 0.234. The molecule has 0 saturated heterocycles. The van der Waals surface area contributed by atoms with Crippen molar-refractivity contribution in [2.24, 2.45) is 5.73 Å². The van der Waals surface area contributed by atoms with Crippen molar-refractivity contribution in [2.75, 3.05) is 0 Å². The number of aromatic nitrogens is 1. The lowest BCUT2D eigenvalue weighted by molar-refractivity contribution is -0.138. The predicted octanol–water partition coefficient (Wildman–Crippen LogP) is 8.07. The van der Waals surface area contributed by atoms with Gasteiger partial charge in [-0.3, -0.25) is 4.79 Å². The second-order valence-corrected chi connectivity index (χ2v) is 9.06. The van der Waals surface area contributed by atoms with Gasteiger partial charge in [0.1, 0.15) is 5.82 Å². The van der Waals surface area contributed by atoms with Gasteiger partial charge in [-0.25, -0.2) is 4.39 Å². The van der Waals surface area contributed by atoms with Gasteiger partial charge in [0, 0.05) is 37.5 Å². The summed E-state index contributed by atoms with van der Waals surface area (Å²) in [7, 11) is 0. The minimum atomic E-state index is -4.76. The van der Waals surface area contributed by atoms with Gasteiger partial charge in [-0.1, -0.05) is 53.5 Å². The number of fused-ring (bicyclic) bond motifs is 3. The number of benzene rings is 4. The summed E-state index contributed by atoms with van der Waals surface area (Å²) in [5, 5.41) is 1.80. The van der Waals surface area contributed by atoms with Crippen LogP contribution in [0.25, 0.3) is 32.9 Å². The summed E-state index contributed by atoms with van der Waals surface area (Å²) in [4.78, 5) is 12.2. The summed E-state index contributed by atoms with van der Waals surface area (Å²) in [5.41, 5.74) is 6.25. The second-order valence-electron chi connectivity index (χ2n) is 8.24. The van der Waals surface area contributed by atoms with Crippen LogP contribution in [0.3, 0.4) is 0 Å². The van der Waals surface area contributed by atoms with Crippen LogP contribution in [0.4, 0.5) is 17.6 Å². The maximum Gasteiger partial charge on any atom is 0.416 e. The molecule has 1 amide bonds. The number of amides is 1. The van der Waals surface area contributed by atoms with Gasteiger partial charge in [0.2, 0.25) is 5.91 Å². The van der Waals surface area contributed by atoms with Crippen LogP contribution in [0.5, 0.6) is 0 Å². The highest BCUT2D eigenvalue weighted by molar-refractivity contribution is 6.39. The number of carbonyl (C=O) groups is 1. The van der Waals surface area contributed by atoms with Crippen molar-refractivity contribution in [1.82, 2.24) is 4.57 Å². The summed E-state index contributed by atoms with van der Waals surface area (Å²) in [5.74, 6) is -1.68. The third kappa shape index (κ3) is 3.98. The Kier molecular flexibility index (Phi) is 5.93. The SMILES string of the molecule is NC(=O)c1cccc2c1c1ccc(-c3c(Cl)cccc3Cl)cc1n2Cc1c(F)cccc1C(F)(F)F. The van der Waals surface area contributed by atoms with Crippen LogP contribution in [0.15, 0.2) is 72.8 Å². The number of hydrogen-bond acceptors (Lipinski definition) is 1. The molecule has 5 aromatic rings. The van der Waals surface area contributed by atoms with E-state index < -0.39 is 35.6 Å². The molecular formula is C27H16Cl2F4N2O. The molecule has 0 bridgehead atoms. The standard InChI is InChI=1S/C27H16Cl2F4N2O/c28-19-6-3-7-20(29)24(19)14-10-11-15-23(12-14)35(22-9-1-4-16(25(15)22)26(34)36)13-17-18(27(31,32)33)5-2-8-21(17)30/h1-12H,13H2,(H2,34,36). The largest absolute Gasteiger partial charge is 0.416 e. The van der Waals surface area contributed by atoms with Crippen molar-refractivity contribution in [3.05, 3.63) is 105 Å². The van der Waals surface area contributed by atoms with E-state index >= 15 is 0 Å². The highest BCUT2D eigenvalue weighted by atomic mass is 35.5. The van der Waals surface area contributed by atoms with E-state index in [0.717, 1.165) is 18.2 Å². The fourth-order valence-corrected chi connectivity index (χ4v) is 5.21. The molecule has 0 aliphatic heterocycles. The van der Waals surface area contributed by atoms with Crippen LogP contribution in [-0.2, 0) is 12.7 Å². The Morgan fingerprint density at radius 3 is 2.22 bits per heavy atom. The van der Waals surface area contributed by atoms with Crippen LogP contribution in [0, 0.1) is 5.82 Å². The van der Waals surface area contributed by atoms with Gasteiger partial charge in [-0.2, -0.15) is 13.2 Å². The third-order valence-electron chi connectivity index (χ3n) is 6.15. The lowest BCUT2D eigenvalue weighted by Gasteiger charge is -2.16. The average molecular weight is 531 g/mol. The first-order valence-corrected chi connectivity index (χ1v) is 11.5. The first kappa shape index (κ1) is 24.2. The van der Waals surface area contributed by atoms with E-state index in [1.54, 1.807) is 53.1 Å². The maximum atomic E-state index is 14.8. The van der Waals surface area contributed by atoms with Gasteiger partial charge in [-0.15, -0.1) is 0 Å². The van der Waals surface area contributed by atoms with Crippen molar-refractivity contribution in [2.45, 2.75) is 12.7 Å². The average Bonchev–Trinajstić information content (AvgIpc) is 3.12. The van der Waals surface area contributed by atoms with Crippen LogP contribution >= 0.6 is 23.2 Å². The number of hydrogen-bond donors (Lipinski definition) is 1. The van der Waals surface area contributed by atoms with Crippen molar-refractivity contribution >= 4 is 50.9 Å². The Balaban J connectivity index is 1.86. The molecule has 36 heavy (non-hydrogen) atoms. The van der Waals surface area contributed by atoms with Crippen molar-refractivity contribution in [3.63, 3.8) is 0 Å². The molecule has 0 radical (unpaired) electrons. The lowest BCUT2D eigenvalue weighted by atomic mass is 10.0. The molecule has 182 valence electrons. The Labute approximate surface area is 212 Å². The zero-order chi connectivity index (χ0) is 25.8. The highest BCUT2D eigenvalue weighted by Crippen LogP contribution is 2.40. The number of carbonyl (C=O) groups excluding carboxylic acids is 1. The summed E-state index contributed by atoms with van der Waals surface area (Å²) in [6.45, 7) is -0.441. The topological polar surface area (TPSA) is 48.0 Å². The molecule has 0 saturated carbocycles. The molecule has 1 heterocycles. The third-order valence-corrected chi connectivity index (χ3v) is 6.78. The molecule has 0 unspecified atom stereocenters. The van der Waals surface area contributed by atoms with Gasteiger partial charge < -0.3 is 10.3 Å². The number of rotatable bonds is 4. The molecule has 5 rings (SSSR count). The van der Waals surface area contributed by atoms with E-state index in [2.05, 4.69) is 0 Å². The smallest absolute Gasteiger partial charge is 0.366 e. The van der Waals surface area contributed by atoms with E-state index in [1.165, 1.54) is 6.07 Å².